The van der Waals surface area contributed by atoms with E-state index in [1.807, 2.05) is 12.3 Å². The molecule has 2 rings (SSSR count). The number of anilines is 1. The van der Waals surface area contributed by atoms with E-state index in [0.717, 1.165) is 13.1 Å². The lowest BCUT2D eigenvalue weighted by Gasteiger charge is -2.33. The highest BCUT2D eigenvalue weighted by atomic mass is 32.1. The first kappa shape index (κ1) is 16.4. The number of carbonyl (C=O) groups excluding carboxylic acids is 1. The first-order valence-electron chi connectivity index (χ1n) is 7.24. The molecule has 0 unspecified atom stereocenters. The molecule has 1 saturated heterocycles. The fourth-order valence-electron chi connectivity index (χ4n) is 2.33. The van der Waals surface area contributed by atoms with Crippen molar-refractivity contribution in [3.63, 3.8) is 0 Å². The molecule has 0 aliphatic carbocycles. The Morgan fingerprint density at radius 1 is 1.71 bits per heavy atom. The number of likely N-dealkylation sites (N-methyl/N-ethyl adjacent to an activating group) is 1. The molecule has 7 heteroatoms. The van der Waals surface area contributed by atoms with Crippen LogP contribution in [0.4, 0.5) is 5.13 Å². The molecule has 0 radical (unpaired) electrons. The molecule has 1 fully saturated rings. The van der Waals surface area contributed by atoms with Gasteiger partial charge in [0.05, 0.1) is 19.3 Å². The van der Waals surface area contributed by atoms with Crippen LogP contribution in [0.1, 0.15) is 13.8 Å². The molecule has 21 heavy (non-hydrogen) atoms. The van der Waals surface area contributed by atoms with Gasteiger partial charge in [-0.1, -0.05) is 0 Å². The van der Waals surface area contributed by atoms with E-state index >= 15 is 0 Å². The summed E-state index contributed by atoms with van der Waals surface area (Å²) in [5, 5.41) is 2.57. The quantitative estimate of drug-likeness (QED) is 0.791. The molecule has 1 aliphatic rings. The lowest BCUT2D eigenvalue weighted by Crippen LogP contribution is -2.49. The summed E-state index contributed by atoms with van der Waals surface area (Å²) >= 11 is 1.45. The molecule has 1 amide bonds. The Morgan fingerprint density at radius 3 is 3.14 bits per heavy atom. The summed E-state index contributed by atoms with van der Waals surface area (Å²) in [7, 11) is 2.06. The average molecular weight is 313 g/mol. The number of amides is 1. The topological polar surface area (TPSA) is 54.9 Å². The standard InChI is InChI=1S/C14H23N3O3S/c1-4-19-11(2)13(18)17(14-15-5-8-21-14)10-12-9-16(3)6-7-20-12/h5,8,11-12H,4,6-7,9-10H2,1-3H3/t11-,12-/m1/s1. The maximum Gasteiger partial charge on any atom is 0.257 e. The summed E-state index contributed by atoms with van der Waals surface area (Å²) in [5.41, 5.74) is 0. The van der Waals surface area contributed by atoms with E-state index in [-0.39, 0.29) is 12.0 Å². The molecular formula is C14H23N3O3S. The number of thiazole rings is 1. The second kappa shape index (κ2) is 7.84. The molecule has 2 atom stereocenters. The van der Waals surface area contributed by atoms with E-state index < -0.39 is 6.10 Å². The van der Waals surface area contributed by atoms with Gasteiger partial charge in [-0.3, -0.25) is 9.69 Å². The summed E-state index contributed by atoms with van der Waals surface area (Å²) < 4.78 is 11.2. The molecule has 6 nitrogen and oxygen atoms in total. The highest BCUT2D eigenvalue weighted by Crippen LogP contribution is 2.20. The second-order valence-electron chi connectivity index (χ2n) is 5.12. The highest BCUT2D eigenvalue weighted by molar-refractivity contribution is 7.13. The number of nitrogens with zero attached hydrogens (tertiary/aromatic N) is 3. The normalized spacial score (nSPS) is 21.2. The smallest absolute Gasteiger partial charge is 0.257 e. The van der Waals surface area contributed by atoms with Crippen LogP contribution in [0, 0.1) is 0 Å². The van der Waals surface area contributed by atoms with Gasteiger partial charge in [0.1, 0.15) is 6.10 Å². The molecular weight excluding hydrogens is 290 g/mol. The van der Waals surface area contributed by atoms with Crippen LogP contribution in [0.5, 0.6) is 0 Å². The zero-order valence-electron chi connectivity index (χ0n) is 12.8. The third-order valence-corrected chi connectivity index (χ3v) is 4.20. The fraction of sp³-hybridized carbons (Fsp3) is 0.714. The van der Waals surface area contributed by atoms with Crippen molar-refractivity contribution in [2.75, 3.05) is 44.8 Å². The molecule has 0 bridgehead atoms. The molecule has 2 heterocycles. The van der Waals surface area contributed by atoms with Gasteiger partial charge in [-0.15, -0.1) is 11.3 Å². The predicted octanol–water partition coefficient (Wildman–Crippen LogP) is 1.23. The van der Waals surface area contributed by atoms with E-state index in [2.05, 4.69) is 16.9 Å². The fourth-order valence-corrected chi connectivity index (χ4v) is 2.99. The minimum Gasteiger partial charge on any atom is -0.374 e. The van der Waals surface area contributed by atoms with Crippen LogP contribution in [0.15, 0.2) is 11.6 Å². The van der Waals surface area contributed by atoms with Crippen LogP contribution in [0.25, 0.3) is 0 Å². The zero-order valence-corrected chi connectivity index (χ0v) is 13.6. The first-order chi connectivity index (χ1) is 10.1. The van der Waals surface area contributed by atoms with Crippen molar-refractivity contribution in [2.45, 2.75) is 26.1 Å². The summed E-state index contributed by atoms with van der Waals surface area (Å²) in [6.07, 6.45) is 1.24. The van der Waals surface area contributed by atoms with Gasteiger partial charge in [-0.05, 0) is 20.9 Å². The second-order valence-corrected chi connectivity index (χ2v) is 5.99. The van der Waals surface area contributed by atoms with Crippen LogP contribution >= 0.6 is 11.3 Å². The van der Waals surface area contributed by atoms with E-state index in [9.17, 15) is 4.79 Å². The van der Waals surface area contributed by atoms with Gasteiger partial charge in [-0.2, -0.15) is 0 Å². The predicted molar refractivity (Wildman–Crippen MR) is 82.8 cm³/mol. The maximum atomic E-state index is 12.6. The van der Waals surface area contributed by atoms with Gasteiger partial charge < -0.3 is 14.4 Å². The van der Waals surface area contributed by atoms with Crippen molar-refractivity contribution in [1.82, 2.24) is 9.88 Å². The highest BCUT2D eigenvalue weighted by Gasteiger charge is 2.28. The molecule has 0 aromatic carbocycles. The number of carbonyl (C=O) groups is 1. The van der Waals surface area contributed by atoms with Crippen molar-refractivity contribution < 1.29 is 14.3 Å². The third kappa shape index (κ3) is 4.47. The molecule has 118 valence electrons. The summed E-state index contributed by atoms with van der Waals surface area (Å²) in [6.45, 7) is 7.13. The van der Waals surface area contributed by atoms with Crippen LogP contribution in [-0.2, 0) is 14.3 Å². The Bertz CT molecular complexity index is 441. The van der Waals surface area contributed by atoms with Gasteiger partial charge in [0.25, 0.3) is 5.91 Å². The minimum atomic E-state index is -0.472. The third-order valence-electron chi connectivity index (χ3n) is 3.41. The number of morpholine rings is 1. The first-order valence-corrected chi connectivity index (χ1v) is 8.12. The minimum absolute atomic E-state index is 0.00502. The van der Waals surface area contributed by atoms with Crippen LogP contribution in [0.3, 0.4) is 0 Å². The lowest BCUT2D eigenvalue weighted by atomic mass is 10.2. The summed E-state index contributed by atoms with van der Waals surface area (Å²) in [5.74, 6) is -0.0661. The Balaban J connectivity index is 2.07. The Morgan fingerprint density at radius 2 is 2.52 bits per heavy atom. The van der Waals surface area contributed by atoms with E-state index in [0.29, 0.717) is 24.9 Å². The number of ether oxygens (including phenoxy) is 2. The molecule has 1 aromatic rings. The van der Waals surface area contributed by atoms with Crippen molar-refractivity contribution in [1.29, 1.82) is 0 Å². The van der Waals surface area contributed by atoms with Crippen molar-refractivity contribution in [3.05, 3.63) is 11.6 Å². The summed E-state index contributed by atoms with van der Waals surface area (Å²) in [6, 6.07) is 0. The van der Waals surface area contributed by atoms with Crippen molar-refractivity contribution in [2.24, 2.45) is 0 Å². The Labute approximate surface area is 129 Å². The van der Waals surface area contributed by atoms with E-state index in [4.69, 9.17) is 9.47 Å². The van der Waals surface area contributed by atoms with Crippen molar-refractivity contribution >= 4 is 22.4 Å². The molecule has 1 aromatic heterocycles. The maximum absolute atomic E-state index is 12.6. The molecule has 0 saturated carbocycles. The number of hydrogen-bond acceptors (Lipinski definition) is 6. The number of hydrogen-bond donors (Lipinski definition) is 0. The van der Waals surface area contributed by atoms with Crippen LogP contribution in [-0.4, -0.2) is 67.9 Å². The Hall–Kier alpha value is -1.02. The zero-order chi connectivity index (χ0) is 15.2. The molecule has 0 spiro atoms. The number of rotatable bonds is 6. The SMILES string of the molecule is CCO[C@H](C)C(=O)N(C[C@H]1CN(C)CCO1)c1nccs1. The lowest BCUT2D eigenvalue weighted by molar-refractivity contribution is -0.129. The van der Waals surface area contributed by atoms with Crippen LogP contribution in [0.2, 0.25) is 0 Å². The summed E-state index contributed by atoms with van der Waals surface area (Å²) in [4.78, 5) is 20.8. The van der Waals surface area contributed by atoms with Gasteiger partial charge >= 0.3 is 0 Å². The van der Waals surface area contributed by atoms with Crippen LogP contribution < -0.4 is 4.90 Å². The average Bonchev–Trinajstić information content (AvgIpc) is 2.98. The van der Waals surface area contributed by atoms with Gasteiger partial charge in [-0.25, -0.2) is 4.98 Å². The van der Waals surface area contributed by atoms with Gasteiger partial charge in [0.2, 0.25) is 0 Å². The molecule has 0 N–H and O–H groups in total. The largest absolute Gasteiger partial charge is 0.374 e. The monoisotopic (exact) mass is 313 g/mol. The number of aromatic nitrogens is 1. The van der Waals surface area contributed by atoms with Gasteiger partial charge in [0, 0.05) is 31.3 Å². The van der Waals surface area contributed by atoms with Crippen molar-refractivity contribution in [3.8, 4) is 0 Å². The van der Waals surface area contributed by atoms with Gasteiger partial charge in [0.15, 0.2) is 5.13 Å². The van der Waals surface area contributed by atoms with E-state index in [1.54, 1.807) is 18.0 Å². The Kier molecular flexibility index (Phi) is 6.10. The molecule has 1 aliphatic heterocycles. The van der Waals surface area contributed by atoms with E-state index in [1.165, 1.54) is 11.3 Å².